The Morgan fingerprint density at radius 3 is 2.71 bits per heavy atom. The molecule has 0 saturated heterocycles. The van der Waals surface area contributed by atoms with Crippen LogP contribution in [0.3, 0.4) is 0 Å². The second-order valence-corrected chi connectivity index (χ2v) is 7.03. The van der Waals surface area contributed by atoms with Gasteiger partial charge in [-0.05, 0) is 18.6 Å². The van der Waals surface area contributed by atoms with Crippen LogP contribution in [0.1, 0.15) is 11.3 Å². The molecular weight excluding hydrogens is 288 g/mol. The van der Waals surface area contributed by atoms with Gasteiger partial charge >= 0.3 is 0 Å². The minimum absolute atomic E-state index is 0.465. The van der Waals surface area contributed by atoms with E-state index in [4.69, 9.17) is 0 Å². The smallest absolute Gasteiger partial charge is 0.211 e. The maximum absolute atomic E-state index is 11.7. The van der Waals surface area contributed by atoms with Crippen molar-refractivity contribution in [3.8, 4) is 11.3 Å². The van der Waals surface area contributed by atoms with Crippen molar-refractivity contribution in [1.82, 2.24) is 19.3 Å². The molecule has 7 heteroatoms. The van der Waals surface area contributed by atoms with Crippen LogP contribution in [-0.4, -0.2) is 47.0 Å². The third kappa shape index (κ3) is 2.93. The van der Waals surface area contributed by atoms with Crippen LogP contribution in [0.25, 0.3) is 11.3 Å². The molecule has 0 amide bonds. The van der Waals surface area contributed by atoms with Crippen molar-refractivity contribution in [2.24, 2.45) is 0 Å². The van der Waals surface area contributed by atoms with Gasteiger partial charge in [0.05, 0.1) is 11.9 Å². The monoisotopic (exact) mass is 304 g/mol. The number of sulfonamides is 1. The first kappa shape index (κ1) is 14.1. The maximum Gasteiger partial charge on any atom is 0.211 e. The van der Waals surface area contributed by atoms with Gasteiger partial charge in [0.1, 0.15) is 6.33 Å². The SMILES string of the molecule is CS(=O)(=O)N1CCc2ncnc(-c3cccnc3)c2CC1. The van der Waals surface area contributed by atoms with Crippen molar-refractivity contribution in [3.05, 3.63) is 42.1 Å². The van der Waals surface area contributed by atoms with Crippen LogP contribution in [0.4, 0.5) is 0 Å². The van der Waals surface area contributed by atoms with Gasteiger partial charge in [-0.2, -0.15) is 0 Å². The van der Waals surface area contributed by atoms with Gasteiger partial charge < -0.3 is 0 Å². The second-order valence-electron chi connectivity index (χ2n) is 5.05. The van der Waals surface area contributed by atoms with Crippen molar-refractivity contribution in [1.29, 1.82) is 0 Å². The number of fused-ring (bicyclic) bond motifs is 1. The zero-order valence-electron chi connectivity index (χ0n) is 11.7. The molecule has 110 valence electrons. The summed E-state index contributed by atoms with van der Waals surface area (Å²) in [5, 5.41) is 0. The number of rotatable bonds is 2. The van der Waals surface area contributed by atoms with Gasteiger partial charge in [0.2, 0.25) is 10.0 Å². The lowest BCUT2D eigenvalue weighted by atomic mass is 10.0. The molecule has 0 radical (unpaired) electrons. The highest BCUT2D eigenvalue weighted by Gasteiger charge is 2.23. The Hall–Kier alpha value is -1.86. The van der Waals surface area contributed by atoms with Gasteiger partial charge in [0.25, 0.3) is 0 Å². The summed E-state index contributed by atoms with van der Waals surface area (Å²) >= 11 is 0. The number of hydrogen-bond acceptors (Lipinski definition) is 5. The lowest BCUT2D eigenvalue weighted by Crippen LogP contribution is -2.32. The van der Waals surface area contributed by atoms with Crippen LogP contribution in [0, 0.1) is 0 Å². The fourth-order valence-electron chi connectivity index (χ4n) is 2.59. The minimum Gasteiger partial charge on any atom is -0.264 e. The lowest BCUT2D eigenvalue weighted by molar-refractivity contribution is 0.430. The average molecular weight is 304 g/mol. The van der Waals surface area contributed by atoms with E-state index >= 15 is 0 Å². The first-order valence-corrected chi connectivity index (χ1v) is 8.59. The maximum atomic E-state index is 11.7. The number of aromatic nitrogens is 3. The molecule has 3 rings (SSSR count). The Morgan fingerprint density at radius 1 is 1.19 bits per heavy atom. The predicted octanol–water partition coefficient (Wildman–Crippen LogP) is 0.899. The molecule has 1 aliphatic rings. The first-order chi connectivity index (χ1) is 10.1. The highest BCUT2D eigenvalue weighted by atomic mass is 32.2. The molecular formula is C14H16N4O2S. The first-order valence-electron chi connectivity index (χ1n) is 6.74. The van der Waals surface area contributed by atoms with Crippen molar-refractivity contribution >= 4 is 10.0 Å². The average Bonchev–Trinajstić information content (AvgIpc) is 2.70. The Morgan fingerprint density at radius 2 is 2.00 bits per heavy atom. The van der Waals surface area contributed by atoms with E-state index in [0.717, 1.165) is 22.5 Å². The van der Waals surface area contributed by atoms with Crippen LogP contribution in [-0.2, 0) is 22.9 Å². The van der Waals surface area contributed by atoms with Crippen molar-refractivity contribution in [2.75, 3.05) is 19.3 Å². The van der Waals surface area contributed by atoms with Gasteiger partial charge in [-0.3, -0.25) is 4.98 Å². The second kappa shape index (κ2) is 5.50. The van der Waals surface area contributed by atoms with E-state index in [-0.39, 0.29) is 0 Å². The summed E-state index contributed by atoms with van der Waals surface area (Å²) in [4.78, 5) is 12.8. The van der Waals surface area contributed by atoms with Gasteiger partial charge in [-0.1, -0.05) is 0 Å². The molecule has 0 aromatic carbocycles. The topological polar surface area (TPSA) is 76.1 Å². The standard InChI is InChI=1S/C14H16N4O2S/c1-21(19,20)18-7-4-12-13(5-8-18)16-10-17-14(12)11-3-2-6-15-9-11/h2-3,6,9-10H,4-5,7-8H2,1H3. The van der Waals surface area contributed by atoms with Crippen LogP contribution >= 0.6 is 0 Å². The molecule has 0 spiro atoms. The molecule has 0 saturated carbocycles. The molecule has 2 aromatic rings. The summed E-state index contributed by atoms with van der Waals surface area (Å²) in [7, 11) is -3.17. The number of hydrogen-bond donors (Lipinski definition) is 0. The van der Waals surface area contributed by atoms with Gasteiger partial charge in [0.15, 0.2) is 0 Å². The van der Waals surface area contributed by atoms with E-state index in [9.17, 15) is 8.42 Å². The quantitative estimate of drug-likeness (QED) is 0.824. The fraction of sp³-hybridized carbons (Fsp3) is 0.357. The molecule has 3 heterocycles. The minimum atomic E-state index is -3.17. The Kier molecular flexibility index (Phi) is 3.69. The molecule has 21 heavy (non-hydrogen) atoms. The van der Waals surface area contributed by atoms with Crippen LogP contribution < -0.4 is 0 Å². The predicted molar refractivity (Wildman–Crippen MR) is 79.1 cm³/mol. The van der Waals surface area contributed by atoms with Gasteiger partial charge in [-0.15, -0.1) is 0 Å². The van der Waals surface area contributed by atoms with E-state index in [1.807, 2.05) is 12.1 Å². The van der Waals surface area contributed by atoms with Gasteiger partial charge in [0, 0.05) is 48.7 Å². The molecule has 6 nitrogen and oxygen atoms in total. The highest BCUT2D eigenvalue weighted by Crippen LogP contribution is 2.25. The zero-order valence-corrected chi connectivity index (χ0v) is 12.5. The highest BCUT2D eigenvalue weighted by molar-refractivity contribution is 7.88. The Balaban J connectivity index is 2.00. The molecule has 1 aliphatic heterocycles. The van der Waals surface area contributed by atoms with E-state index in [1.54, 1.807) is 12.4 Å². The molecule has 0 bridgehead atoms. The summed E-state index contributed by atoms with van der Waals surface area (Å²) in [5.41, 5.74) is 3.74. The third-order valence-corrected chi connectivity index (χ3v) is 4.95. The van der Waals surface area contributed by atoms with Crippen LogP contribution in [0.5, 0.6) is 0 Å². The molecule has 0 aliphatic carbocycles. The summed E-state index contributed by atoms with van der Waals surface area (Å²) in [6.45, 7) is 0.932. The molecule has 0 atom stereocenters. The number of nitrogens with zero attached hydrogens (tertiary/aromatic N) is 4. The zero-order chi connectivity index (χ0) is 14.9. The van der Waals surface area contributed by atoms with Crippen LogP contribution in [0.15, 0.2) is 30.9 Å². The lowest BCUT2D eigenvalue weighted by Gasteiger charge is -2.16. The Labute approximate surface area is 123 Å². The van der Waals surface area contributed by atoms with Crippen LogP contribution in [0.2, 0.25) is 0 Å². The molecule has 0 unspecified atom stereocenters. The summed E-state index contributed by atoms with van der Waals surface area (Å²) in [6.07, 6.45) is 7.50. The van der Waals surface area contributed by atoms with Gasteiger partial charge in [-0.25, -0.2) is 22.7 Å². The normalized spacial score (nSPS) is 16.2. The van der Waals surface area contributed by atoms with E-state index in [0.29, 0.717) is 25.9 Å². The fourth-order valence-corrected chi connectivity index (χ4v) is 3.43. The summed E-state index contributed by atoms with van der Waals surface area (Å²) in [6, 6.07) is 3.82. The van der Waals surface area contributed by atoms with Crippen molar-refractivity contribution < 1.29 is 8.42 Å². The van der Waals surface area contributed by atoms with Crippen molar-refractivity contribution in [3.63, 3.8) is 0 Å². The van der Waals surface area contributed by atoms with E-state index in [1.165, 1.54) is 16.9 Å². The summed E-state index contributed by atoms with van der Waals surface area (Å²) in [5.74, 6) is 0. The molecule has 2 aromatic heterocycles. The largest absolute Gasteiger partial charge is 0.264 e. The van der Waals surface area contributed by atoms with E-state index in [2.05, 4.69) is 15.0 Å². The summed E-state index contributed by atoms with van der Waals surface area (Å²) < 4.78 is 25.0. The Bertz CT molecular complexity index is 747. The third-order valence-electron chi connectivity index (χ3n) is 3.65. The molecule has 0 fully saturated rings. The number of pyridine rings is 1. The van der Waals surface area contributed by atoms with Crippen molar-refractivity contribution in [2.45, 2.75) is 12.8 Å². The molecule has 0 N–H and O–H groups in total. The van der Waals surface area contributed by atoms with E-state index < -0.39 is 10.0 Å².